The summed E-state index contributed by atoms with van der Waals surface area (Å²) in [6, 6.07) is 7.42. The monoisotopic (exact) mass is 206 g/mol. The fourth-order valence-electron chi connectivity index (χ4n) is 1.61. The molecule has 3 unspecified atom stereocenters. The first-order valence-electron chi connectivity index (χ1n) is 5.97. The van der Waals surface area contributed by atoms with Gasteiger partial charge in [0.2, 0.25) is 0 Å². The number of fused-ring (bicyclic) bond motifs is 1. The maximum Gasteiger partial charge on any atom is 0.189 e. The Hall–Kier alpha value is -1.71. The second-order valence-corrected chi connectivity index (χ2v) is 3.34. The van der Waals surface area contributed by atoms with E-state index in [9.17, 15) is 0 Å². The van der Waals surface area contributed by atoms with Gasteiger partial charge >= 0.3 is 0 Å². The van der Waals surface area contributed by atoms with E-state index in [4.69, 9.17) is 12.2 Å². The Bertz CT molecular complexity index is 467. The zero-order valence-corrected chi connectivity index (χ0v) is 8.01. The first kappa shape index (κ1) is 6.71. The molecule has 0 aromatic heterocycles. The van der Waals surface area contributed by atoms with Crippen molar-refractivity contribution < 1.29 is 12.2 Å². The third-order valence-corrected chi connectivity index (χ3v) is 2.33. The quantitative estimate of drug-likeness (QED) is 0.740. The topological polar surface area (TPSA) is 42.9 Å². The molecule has 0 amide bonds. The summed E-state index contributed by atoms with van der Waals surface area (Å²) in [6.45, 7) is -1.15. The van der Waals surface area contributed by atoms with E-state index in [0.29, 0.717) is 23.9 Å². The summed E-state index contributed by atoms with van der Waals surface area (Å²) in [5.41, 5.74) is 0. The van der Waals surface area contributed by atoms with E-state index < -0.39 is 13.0 Å². The highest BCUT2D eigenvalue weighted by molar-refractivity contribution is 5.88. The summed E-state index contributed by atoms with van der Waals surface area (Å²) < 4.78 is 26.3. The number of nitrogens with zero attached hydrogens (tertiary/aromatic N) is 1. The van der Waals surface area contributed by atoms with Crippen LogP contribution >= 0.6 is 0 Å². The van der Waals surface area contributed by atoms with Crippen molar-refractivity contribution in [3.63, 3.8) is 0 Å². The molecule has 1 N–H and O–H groups in total. The van der Waals surface area contributed by atoms with E-state index in [2.05, 4.69) is 10.3 Å². The standard InChI is InChI=1S/C11H12N2O2/c1-2-4-9-8(3-1)14-7-10(15-9)11-12-5-6-13-11/h1-4,10H,5-7H2,(H,12,13)/i5D,6D. The Labute approximate surface area is 90.7 Å². The average Bonchev–Trinajstić information content (AvgIpc) is 2.69. The number of benzene rings is 1. The van der Waals surface area contributed by atoms with Crippen LogP contribution in [-0.4, -0.2) is 31.6 Å². The molecule has 1 aromatic carbocycles. The average molecular weight is 206 g/mol. The van der Waals surface area contributed by atoms with Crippen molar-refractivity contribution in [3.8, 4) is 11.5 Å². The number of amidine groups is 1. The van der Waals surface area contributed by atoms with Crippen LogP contribution in [0.2, 0.25) is 0 Å². The summed E-state index contributed by atoms with van der Waals surface area (Å²) >= 11 is 0. The number of hydrogen-bond donors (Lipinski definition) is 1. The van der Waals surface area contributed by atoms with E-state index in [0.717, 1.165) is 0 Å². The van der Waals surface area contributed by atoms with Gasteiger partial charge in [0.15, 0.2) is 17.6 Å². The minimum Gasteiger partial charge on any atom is -0.485 e. The minimum absolute atomic E-state index is 0.349. The zero-order chi connectivity index (χ0) is 11.8. The molecule has 0 saturated carbocycles. The molecule has 0 aliphatic carbocycles. The van der Waals surface area contributed by atoms with Crippen molar-refractivity contribution in [3.05, 3.63) is 24.3 Å². The summed E-state index contributed by atoms with van der Waals surface area (Å²) in [6.07, 6.45) is -0.354. The van der Waals surface area contributed by atoms with E-state index >= 15 is 0 Å². The lowest BCUT2D eigenvalue weighted by atomic mass is 10.2. The Morgan fingerprint density at radius 2 is 2.27 bits per heavy atom. The molecule has 2 aliphatic heterocycles. The molecule has 3 atom stereocenters. The van der Waals surface area contributed by atoms with Gasteiger partial charge in [-0.3, -0.25) is 4.99 Å². The molecule has 0 fully saturated rings. The lowest BCUT2D eigenvalue weighted by Crippen LogP contribution is -2.42. The first-order valence-corrected chi connectivity index (χ1v) is 4.81. The van der Waals surface area contributed by atoms with Crippen LogP contribution in [0.25, 0.3) is 0 Å². The molecule has 0 bridgehead atoms. The van der Waals surface area contributed by atoms with Gasteiger partial charge in [0.25, 0.3) is 0 Å². The van der Waals surface area contributed by atoms with Crippen molar-refractivity contribution in [2.75, 3.05) is 19.6 Å². The van der Waals surface area contributed by atoms with Gasteiger partial charge in [-0.05, 0) is 12.1 Å². The van der Waals surface area contributed by atoms with Crippen LogP contribution in [0.1, 0.15) is 2.74 Å². The molecule has 0 spiro atoms. The predicted molar refractivity (Wildman–Crippen MR) is 56.7 cm³/mol. The second-order valence-electron chi connectivity index (χ2n) is 3.34. The highest BCUT2D eigenvalue weighted by Crippen LogP contribution is 2.31. The van der Waals surface area contributed by atoms with E-state index in [1.807, 2.05) is 24.3 Å². The zero-order valence-electron chi connectivity index (χ0n) is 10.0. The van der Waals surface area contributed by atoms with Crippen LogP contribution in [0.4, 0.5) is 0 Å². The largest absolute Gasteiger partial charge is 0.485 e. The maximum absolute atomic E-state index is 7.52. The summed E-state index contributed by atoms with van der Waals surface area (Å²) in [5, 5.41) is 2.83. The predicted octanol–water partition coefficient (Wildman–Crippen LogP) is 0.828. The molecule has 2 heterocycles. The van der Waals surface area contributed by atoms with Gasteiger partial charge in [-0.1, -0.05) is 12.1 Å². The normalized spacial score (nSPS) is 34.9. The van der Waals surface area contributed by atoms with Gasteiger partial charge in [0.05, 0.1) is 9.26 Å². The molecule has 3 rings (SSSR count). The smallest absolute Gasteiger partial charge is 0.189 e. The fourth-order valence-corrected chi connectivity index (χ4v) is 1.61. The van der Waals surface area contributed by atoms with Crippen molar-refractivity contribution >= 4 is 5.84 Å². The van der Waals surface area contributed by atoms with E-state index in [1.165, 1.54) is 0 Å². The third-order valence-electron chi connectivity index (χ3n) is 2.33. The van der Waals surface area contributed by atoms with Crippen molar-refractivity contribution in [2.24, 2.45) is 4.99 Å². The molecule has 0 saturated heterocycles. The van der Waals surface area contributed by atoms with Gasteiger partial charge in [0, 0.05) is 6.52 Å². The Balaban J connectivity index is 1.79. The highest BCUT2D eigenvalue weighted by atomic mass is 16.6. The SMILES string of the molecule is [2H]C1N=C(C2COc3ccccc3O2)NC1[2H]. The van der Waals surface area contributed by atoms with Crippen molar-refractivity contribution in [1.29, 1.82) is 0 Å². The molecule has 4 nitrogen and oxygen atoms in total. The van der Waals surface area contributed by atoms with Crippen LogP contribution < -0.4 is 14.8 Å². The van der Waals surface area contributed by atoms with Gasteiger partial charge < -0.3 is 14.8 Å². The Morgan fingerprint density at radius 1 is 1.40 bits per heavy atom. The molecule has 4 heteroatoms. The first-order chi connectivity index (χ1) is 8.24. The maximum atomic E-state index is 7.52. The van der Waals surface area contributed by atoms with E-state index in [1.54, 1.807) is 0 Å². The van der Waals surface area contributed by atoms with Crippen LogP contribution in [0.15, 0.2) is 29.3 Å². The molecular formula is C11H12N2O2. The lowest BCUT2D eigenvalue weighted by Gasteiger charge is -2.26. The van der Waals surface area contributed by atoms with E-state index in [-0.39, 0.29) is 6.10 Å². The highest BCUT2D eigenvalue weighted by Gasteiger charge is 2.26. The van der Waals surface area contributed by atoms with Crippen LogP contribution in [0, 0.1) is 0 Å². The lowest BCUT2D eigenvalue weighted by molar-refractivity contribution is 0.133. The van der Waals surface area contributed by atoms with Gasteiger partial charge in [-0.2, -0.15) is 0 Å². The summed E-state index contributed by atoms with van der Waals surface area (Å²) in [7, 11) is 0. The number of nitrogens with one attached hydrogen (secondary N) is 1. The number of hydrogen-bond acceptors (Lipinski definition) is 4. The Kier molecular flexibility index (Phi) is 1.55. The Morgan fingerprint density at radius 3 is 3.07 bits per heavy atom. The summed E-state index contributed by atoms with van der Waals surface area (Å²) in [4.78, 5) is 4.05. The van der Waals surface area contributed by atoms with Crippen molar-refractivity contribution in [1.82, 2.24) is 5.32 Å². The number of para-hydroxylation sites is 2. The molecule has 78 valence electrons. The molecule has 2 aliphatic rings. The van der Waals surface area contributed by atoms with Gasteiger partial charge in [-0.15, -0.1) is 0 Å². The molecule has 15 heavy (non-hydrogen) atoms. The minimum atomic E-state index is -0.786. The number of rotatable bonds is 1. The van der Waals surface area contributed by atoms with Gasteiger partial charge in [-0.25, -0.2) is 0 Å². The van der Waals surface area contributed by atoms with Crippen LogP contribution in [0.3, 0.4) is 0 Å². The molecule has 1 aromatic rings. The van der Waals surface area contributed by atoms with Crippen LogP contribution in [0.5, 0.6) is 11.5 Å². The van der Waals surface area contributed by atoms with Crippen molar-refractivity contribution in [2.45, 2.75) is 6.10 Å². The summed E-state index contributed by atoms with van der Waals surface area (Å²) in [5.74, 6) is 1.91. The number of ether oxygens (including phenoxy) is 2. The molecule has 0 radical (unpaired) electrons. The third kappa shape index (κ3) is 1.52. The second kappa shape index (κ2) is 3.46. The number of aliphatic imine (C=N–C) groups is 1. The van der Waals surface area contributed by atoms with Gasteiger partial charge in [0.1, 0.15) is 12.4 Å². The fraction of sp³-hybridized carbons (Fsp3) is 0.364. The van der Waals surface area contributed by atoms with Crippen LogP contribution in [-0.2, 0) is 0 Å². The molecular weight excluding hydrogens is 192 g/mol.